The van der Waals surface area contributed by atoms with Gasteiger partial charge in [0.2, 0.25) is 5.88 Å². The third-order valence-corrected chi connectivity index (χ3v) is 4.80. The van der Waals surface area contributed by atoms with Gasteiger partial charge in [-0.1, -0.05) is 24.3 Å². The Labute approximate surface area is 170 Å². The molecule has 0 amide bonds. The fourth-order valence-electron chi connectivity index (χ4n) is 3.18. The molecule has 1 aliphatic heterocycles. The van der Waals surface area contributed by atoms with Crippen LogP contribution >= 0.6 is 0 Å². The maximum absolute atomic E-state index is 11.3. The number of aliphatic hydroxyl groups excluding tert-OH is 1. The Morgan fingerprint density at radius 2 is 1.33 bits per heavy atom. The summed E-state index contributed by atoms with van der Waals surface area (Å²) in [6, 6.07) is 8.31. The van der Waals surface area contributed by atoms with Crippen LogP contribution in [0.3, 0.4) is 0 Å². The zero-order valence-corrected chi connectivity index (χ0v) is 15.6. The Balaban J connectivity index is 1.96. The van der Waals surface area contributed by atoms with E-state index in [1.165, 1.54) is 46.4 Å². The van der Waals surface area contributed by atoms with Crippen molar-refractivity contribution in [3.8, 4) is 11.5 Å². The molecule has 0 aromatic heterocycles. The van der Waals surface area contributed by atoms with E-state index in [2.05, 4.69) is 0 Å². The van der Waals surface area contributed by atoms with Crippen molar-refractivity contribution in [1.29, 1.82) is 0 Å². The number of para-hydroxylation sites is 2. The maximum Gasteiger partial charge on any atom is 0.339 e. The second kappa shape index (κ2) is 7.81. The molecule has 9 N–H and O–H groups in total. The number of hydrazine groups is 1. The number of aromatic carboxylic acids is 2. The Kier molecular flexibility index (Phi) is 5.41. The van der Waals surface area contributed by atoms with Crippen LogP contribution < -0.4 is 11.5 Å². The summed E-state index contributed by atoms with van der Waals surface area (Å²) >= 11 is 0. The zero-order chi connectivity index (χ0) is 22.2. The maximum atomic E-state index is 11.3. The number of nitrogens with two attached hydrogens (primary N) is 2. The van der Waals surface area contributed by atoms with Crippen LogP contribution in [0, 0.1) is 0 Å². The number of aliphatic hydroxyl groups is 1. The van der Waals surface area contributed by atoms with Crippen LogP contribution in [0.25, 0.3) is 0 Å². The second-order valence-electron chi connectivity index (χ2n) is 6.62. The molecule has 0 spiro atoms. The van der Waals surface area contributed by atoms with Crippen LogP contribution in [0.5, 0.6) is 11.5 Å². The van der Waals surface area contributed by atoms with E-state index >= 15 is 0 Å². The molecule has 158 valence electrons. The molecular formula is C19H20N4O7. The van der Waals surface area contributed by atoms with Crippen LogP contribution in [-0.2, 0) is 13.1 Å². The first-order valence-electron chi connectivity index (χ1n) is 8.70. The lowest BCUT2D eigenvalue weighted by Gasteiger charge is -2.33. The monoisotopic (exact) mass is 416 g/mol. The van der Waals surface area contributed by atoms with E-state index < -0.39 is 35.5 Å². The fourth-order valence-corrected chi connectivity index (χ4v) is 3.18. The molecular weight excluding hydrogens is 396 g/mol. The number of nitrogens with zero attached hydrogens (tertiary/aromatic N) is 2. The number of hydrogen-bond donors (Lipinski definition) is 7. The Morgan fingerprint density at radius 1 is 0.867 bits per heavy atom. The smallest absolute Gasteiger partial charge is 0.339 e. The van der Waals surface area contributed by atoms with Gasteiger partial charge in [0.1, 0.15) is 34.5 Å². The van der Waals surface area contributed by atoms with Crippen molar-refractivity contribution < 1.29 is 35.1 Å². The molecule has 0 fully saturated rings. The number of hydrogen-bond acceptors (Lipinski definition) is 9. The van der Waals surface area contributed by atoms with Gasteiger partial charge in [0, 0.05) is 17.7 Å². The topological polar surface area (TPSA) is 194 Å². The fraction of sp³-hybridized carbons (Fsp3) is 0.158. The number of benzene rings is 2. The first-order valence-corrected chi connectivity index (χ1v) is 8.70. The minimum atomic E-state index is -1.32. The van der Waals surface area contributed by atoms with E-state index in [-0.39, 0.29) is 41.0 Å². The van der Waals surface area contributed by atoms with Crippen molar-refractivity contribution in [3.63, 3.8) is 0 Å². The Bertz CT molecular complexity index is 1050. The normalized spacial score (nSPS) is 16.8. The van der Waals surface area contributed by atoms with Crippen molar-refractivity contribution in [2.24, 2.45) is 11.5 Å². The second-order valence-corrected chi connectivity index (χ2v) is 6.62. The van der Waals surface area contributed by atoms with Gasteiger partial charge in [-0.2, -0.15) is 5.01 Å². The summed E-state index contributed by atoms with van der Waals surface area (Å²) < 4.78 is 0. The molecule has 0 saturated heterocycles. The molecule has 1 heterocycles. The van der Waals surface area contributed by atoms with E-state index in [9.17, 15) is 35.1 Å². The molecule has 11 heteroatoms. The van der Waals surface area contributed by atoms with E-state index in [0.717, 1.165) is 0 Å². The van der Waals surface area contributed by atoms with Crippen molar-refractivity contribution in [2.75, 3.05) is 0 Å². The number of carboxylic acids is 2. The molecule has 0 saturated carbocycles. The van der Waals surface area contributed by atoms with Gasteiger partial charge in [-0.3, -0.25) is 5.01 Å². The van der Waals surface area contributed by atoms with Crippen LogP contribution in [-0.4, -0.2) is 53.7 Å². The lowest BCUT2D eigenvalue weighted by molar-refractivity contribution is -0.0400. The first-order chi connectivity index (χ1) is 14.1. The molecule has 1 aliphatic rings. The van der Waals surface area contributed by atoms with Gasteiger partial charge in [-0.25, -0.2) is 9.59 Å². The van der Waals surface area contributed by atoms with Gasteiger partial charge in [0.25, 0.3) is 0 Å². The Hall–Kier alpha value is -3.96. The highest BCUT2D eigenvalue weighted by Crippen LogP contribution is 2.32. The molecule has 0 bridgehead atoms. The zero-order valence-electron chi connectivity index (χ0n) is 15.6. The Morgan fingerprint density at radius 3 is 1.80 bits per heavy atom. The average Bonchev–Trinajstić information content (AvgIpc) is 2.88. The van der Waals surface area contributed by atoms with Gasteiger partial charge in [-0.15, -0.1) is 0 Å². The van der Waals surface area contributed by atoms with Crippen LogP contribution in [0.15, 0.2) is 48.0 Å². The number of carboxylic acid groups (broad SMARTS) is 2. The molecule has 3 rings (SSSR count). The SMILES string of the molecule is NC1=C(O)N(Cc2cccc(C(=O)O)c2O)N(Cc2cccc(C(=O)O)c2O)C1N. The third kappa shape index (κ3) is 3.54. The molecule has 0 radical (unpaired) electrons. The number of carbonyl (C=O) groups is 2. The van der Waals surface area contributed by atoms with Crippen LogP contribution in [0.1, 0.15) is 31.8 Å². The van der Waals surface area contributed by atoms with Gasteiger partial charge in [0.05, 0.1) is 6.54 Å². The minimum absolute atomic E-state index is 0.0854. The van der Waals surface area contributed by atoms with E-state index in [1.54, 1.807) is 0 Å². The average molecular weight is 416 g/mol. The number of phenols is 2. The molecule has 1 atom stereocenters. The minimum Gasteiger partial charge on any atom is -0.507 e. The predicted molar refractivity (Wildman–Crippen MR) is 103 cm³/mol. The number of aromatic hydroxyl groups is 2. The number of rotatable bonds is 6. The summed E-state index contributed by atoms with van der Waals surface area (Å²) in [4.78, 5) is 22.5. The lowest BCUT2D eigenvalue weighted by atomic mass is 10.1. The van der Waals surface area contributed by atoms with Crippen LogP contribution in [0.4, 0.5) is 0 Å². The molecule has 2 aromatic carbocycles. The van der Waals surface area contributed by atoms with Crippen molar-refractivity contribution in [2.45, 2.75) is 19.3 Å². The standard InChI is InChI=1S/C19H20N4O7/c20-13-16(21)22(7-9-3-1-5-11(14(9)24)18(27)28)23(17(13)26)8-10-4-2-6-12(15(10)25)19(29)30/h1-6,16,24-26H,7-8,20-21H2,(H,27,28)(H,29,30). The van der Waals surface area contributed by atoms with Gasteiger partial charge >= 0.3 is 11.9 Å². The molecule has 1 unspecified atom stereocenters. The van der Waals surface area contributed by atoms with E-state index in [4.69, 9.17) is 11.5 Å². The van der Waals surface area contributed by atoms with Gasteiger partial charge in [0.15, 0.2) is 0 Å². The highest BCUT2D eigenvalue weighted by molar-refractivity contribution is 5.91. The molecule has 0 aliphatic carbocycles. The summed E-state index contributed by atoms with van der Waals surface area (Å²) in [5.41, 5.74) is 11.6. The van der Waals surface area contributed by atoms with E-state index in [1.807, 2.05) is 0 Å². The summed E-state index contributed by atoms with van der Waals surface area (Å²) in [5, 5.41) is 51.9. The molecule has 2 aromatic rings. The largest absolute Gasteiger partial charge is 0.507 e. The summed E-state index contributed by atoms with van der Waals surface area (Å²) in [7, 11) is 0. The van der Waals surface area contributed by atoms with Gasteiger partial charge in [-0.05, 0) is 12.1 Å². The van der Waals surface area contributed by atoms with Crippen molar-refractivity contribution in [1.82, 2.24) is 10.0 Å². The predicted octanol–water partition coefficient (Wildman–Crippen LogP) is 0.698. The summed E-state index contributed by atoms with van der Waals surface area (Å²) in [5.74, 6) is -3.98. The van der Waals surface area contributed by atoms with Crippen molar-refractivity contribution in [3.05, 3.63) is 70.2 Å². The highest BCUT2D eigenvalue weighted by Gasteiger charge is 2.37. The summed E-state index contributed by atoms with van der Waals surface area (Å²) in [6.07, 6.45) is -1.01. The third-order valence-electron chi connectivity index (χ3n) is 4.80. The van der Waals surface area contributed by atoms with E-state index in [0.29, 0.717) is 0 Å². The quantitative estimate of drug-likeness (QED) is 0.350. The highest BCUT2D eigenvalue weighted by atomic mass is 16.4. The lowest BCUT2D eigenvalue weighted by Crippen LogP contribution is -2.47. The van der Waals surface area contributed by atoms with Crippen LogP contribution in [0.2, 0.25) is 0 Å². The van der Waals surface area contributed by atoms with Crippen molar-refractivity contribution >= 4 is 11.9 Å². The van der Waals surface area contributed by atoms with Gasteiger partial charge < -0.3 is 37.0 Å². The summed E-state index contributed by atoms with van der Waals surface area (Å²) in [6.45, 7) is -0.315. The molecule has 30 heavy (non-hydrogen) atoms. The first kappa shape index (κ1) is 20.8. The molecule has 11 nitrogen and oxygen atoms in total.